The van der Waals surface area contributed by atoms with Crippen molar-refractivity contribution in [3.63, 3.8) is 0 Å². The van der Waals surface area contributed by atoms with Crippen molar-refractivity contribution in [3.8, 4) is 0 Å². The molecule has 0 heterocycles. The molecule has 6 atom stereocenters. The first kappa shape index (κ1) is 14.9. The van der Waals surface area contributed by atoms with Gasteiger partial charge in [0.25, 0.3) is 0 Å². The molecule has 4 rings (SSSR count). The van der Waals surface area contributed by atoms with E-state index in [0.29, 0.717) is 24.7 Å². The summed E-state index contributed by atoms with van der Waals surface area (Å²) in [6, 6.07) is 0. The zero-order chi connectivity index (χ0) is 15.8. The molecule has 3 saturated carbocycles. The first-order chi connectivity index (χ1) is 10.3. The van der Waals surface area contributed by atoms with Crippen LogP contribution in [0.5, 0.6) is 0 Å². The lowest BCUT2D eigenvalue weighted by atomic mass is 9.49. The minimum absolute atomic E-state index is 0.00374. The summed E-state index contributed by atoms with van der Waals surface area (Å²) in [5.74, 6) is 1.49. The van der Waals surface area contributed by atoms with E-state index in [1.54, 1.807) is 6.08 Å². The minimum Gasteiger partial charge on any atom is -0.390 e. The highest BCUT2D eigenvalue weighted by Crippen LogP contribution is 2.65. The number of rotatable bonds is 0. The van der Waals surface area contributed by atoms with Crippen molar-refractivity contribution in [2.45, 2.75) is 76.4 Å². The monoisotopic (exact) mass is 304 g/mol. The third-order valence-electron chi connectivity index (χ3n) is 8.00. The summed E-state index contributed by atoms with van der Waals surface area (Å²) in [7, 11) is 0. The van der Waals surface area contributed by atoms with Gasteiger partial charge in [0.15, 0.2) is 5.78 Å². The van der Waals surface area contributed by atoms with E-state index < -0.39 is 11.2 Å². The van der Waals surface area contributed by atoms with Gasteiger partial charge in [-0.2, -0.15) is 0 Å². The molecule has 122 valence electrons. The molecule has 0 spiro atoms. The zero-order valence-corrected chi connectivity index (χ0v) is 13.8. The van der Waals surface area contributed by atoms with E-state index in [1.165, 1.54) is 0 Å². The summed E-state index contributed by atoms with van der Waals surface area (Å²) in [4.78, 5) is 11.7. The number of carbonyl (C=O) groups is 1. The molecule has 0 aromatic rings. The summed E-state index contributed by atoms with van der Waals surface area (Å²) in [6.07, 6.45) is 8.71. The molecule has 0 bridgehead atoms. The maximum absolute atomic E-state index is 11.7. The van der Waals surface area contributed by atoms with Gasteiger partial charge in [-0.15, -0.1) is 0 Å². The maximum Gasteiger partial charge on any atom is 0.155 e. The fourth-order valence-corrected chi connectivity index (χ4v) is 6.43. The Labute approximate surface area is 132 Å². The molecular weight excluding hydrogens is 276 g/mol. The van der Waals surface area contributed by atoms with Crippen molar-refractivity contribution < 1.29 is 15.0 Å². The van der Waals surface area contributed by atoms with Gasteiger partial charge in [-0.05, 0) is 86.7 Å². The molecule has 2 N–H and O–H groups in total. The van der Waals surface area contributed by atoms with Gasteiger partial charge >= 0.3 is 0 Å². The van der Waals surface area contributed by atoms with Crippen molar-refractivity contribution in [3.05, 3.63) is 11.6 Å². The average molecular weight is 304 g/mol. The van der Waals surface area contributed by atoms with Crippen LogP contribution in [0.1, 0.15) is 65.2 Å². The van der Waals surface area contributed by atoms with Crippen molar-refractivity contribution >= 4 is 5.78 Å². The molecule has 0 radical (unpaired) electrons. The molecule has 0 aromatic carbocycles. The lowest BCUT2D eigenvalue weighted by Gasteiger charge is -2.57. The molecule has 4 aliphatic carbocycles. The molecule has 22 heavy (non-hydrogen) atoms. The molecule has 3 fully saturated rings. The first-order valence-corrected chi connectivity index (χ1v) is 8.97. The van der Waals surface area contributed by atoms with Crippen LogP contribution in [0.4, 0.5) is 0 Å². The van der Waals surface area contributed by atoms with Crippen LogP contribution in [0.15, 0.2) is 11.6 Å². The predicted molar refractivity (Wildman–Crippen MR) is 84.2 cm³/mol. The van der Waals surface area contributed by atoms with Crippen molar-refractivity contribution in [1.82, 2.24) is 0 Å². The van der Waals surface area contributed by atoms with E-state index in [2.05, 4.69) is 6.92 Å². The Morgan fingerprint density at radius 2 is 1.73 bits per heavy atom. The van der Waals surface area contributed by atoms with Crippen LogP contribution in [0.2, 0.25) is 0 Å². The lowest BCUT2D eigenvalue weighted by Crippen LogP contribution is -2.57. The molecule has 0 aliphatic heterocycles. The molecule has 0 aromatic heterocycles. The van der Waals surface area contributed by atoms with Crippen LogP contribution in [0.25, 0.3) is 0 Å². The summed E-state index contributed by atoms with van der Waals surface area (Å²) in [5, 5.41) is 22.2. The molecule has 3 heteroatoms. The summed E-state index contributed by atoms with van der Waals surface area (Å²) in [5.41, 5.74) is -0.314. The second kappa shape index (κ2) is 4.45. The van der Waals surface area contributed by atoms with E-state index in [4.69, 9.17) is 0 Å². The maximum atomic E-state index is 11.7. The second-order valence-corrected chi connectivity index (χ2v) is 8.74. The Balaban J connectivity index is 1.70. The normalized spacial score (nSPS) is 54.3. The first-order valence-electron chi connectivity index (χ1n) is 8.97. The number of ketones is 1. The van der Waals surface area contributed by atoms with Crippen molar-refractivity contribution in [2.24, 2.45) is 23.2 Å². The minimum atomic E-state index is -0.743. The van der Waals surface area contributed by atoms with E-state index in [9.17, 15) is 15.0 Å². The number of aliphatic hydroxyl groups is 2. The summed E-state index contributed by atoms with van der Waals surface area (Å²) >= 11 is 0. The number of hydrogen-bond donors (Lipinski definition) is 2. The molecule has 0 unspecified atom stereocenters. The molecule has 4 aliphatic rings. The fraction of sp³-hybridized carbons (Fsp3) is 0.842. The van der Waals surface area contributed by atoms with E-state index in [1.807, 2.05) is 6.92 Å². The molecule has 0 saturated heterocycles. The topological polar surface area (TPSA) is 57.5 Å². The Morgan fingerprint density at radius 1 is 1.00 bits per heavy atom. The largest absolute Gasteiger partial charge is 0.390 e. The van der Waals surface area contributed by atoms with Crippen LogP contribution in [0.3, 0.4) is 0 Å². The Kier molecular flexibility index (Phi) is 3.01. The highest BCUT2D eigenvalue weighted by atomic mass is 16.3. The number of hydrogen-bond acceptors (Lipinski definition) is 3. The van der Waals surface area contributed by atoms with E-state index in [-0.39, 0.29) is 17.1 Å². The summed E-state index contributed by atoms with van der Waals surface area (Å²) in [6.45, 7) is 4.27. The molecular formula is C19H28O3. The molecule has 3 nitrogen and oxygen atoms in total. The van der Waals surface area contributed by atoms with Gasteiger partial charge in [0.1, 0.15) is 0 Å². The predicted octanol–water partition coefficient (Wildman–Crippen LogP) is 2.99. The van der Waals surface area contributed by atoms with Gasteiger partial charge in [-0.3, -0.25) is 4.79 Å². The Hall–Kier alpha value is -0.670. The van der Waals surface area contributed by atoms with E-state index in [0.717, 1.165) is 44.1 Å². The van der Waals surface area contributed by atoms with Crippen LogP contribution >= 0.6 is 0 Å². The van der Waals surface area contributed by atoms with Gasteiger partial charge in [-0.25, -0.2) is 0 Å². The van der Waals surface area contributed by atoms with Gasteiger partial charge in [-0.1, -0.05) is 6.92 Å². The average Bonchev–Trinajstić information content (AvgIpc) is 2.70. The van der Waals surface area contributed by atoms with Gasteiger partial charge in [0.05, 0.1) is 11.2 Å². The van der Waals surface area contributed by atoms with Gasteiger partial charge in [0.2, 0.25) is 0 Å². The SMILES string of the molecule is C[C@]1(O)CC[C@H]2[C@@H]3CCC4=CC(=O)CC[C@]4(O)[C@H]3CC[C@@]21C. The number of carbonyl (C=O) groups excluding carboxylic acids is 1. The third kappa shape index (κ3) is 1.73. The Morgan fingerprint density at radius 3 is 2.50 bits per heavy atom. The fourth-order valence-electron chi connectivity index (χ4n) is 6.43. The van der Waals surface area contributed by atoms with Gasteiger partial charge in [0, 0.05) is 6.42 Å². The highest BCUT2D eigenvalue weighted by Gasteiger charge is 2.63. The smallest absolute Gasteiger partial charge is 0.155 e. The van der Waals surface area contributed by atoms with Gasteiger partial charge < -0.3 is 10.2 Å². The second-order valence-electron chi connectivity index (χ2n) is 8.74. The summed E-state index contributed by atoms with van der Waals surface area (Å²) < 4.78 is 0. The van der Waals surface area contributed by atoms with Crippen molar-refractivity contribution in [1.29, 1.82) is 0 Å². The van der Waals surface area contributed by atoms with Crippen LogP contribution < -0.4 is 0 Å². The van der Waals surface area contributed by atoms with Crippen LogP contribution in [0, 0.1) is 23.2 Å². The van der Waals surface area contributed by atoms with Crippen LogP contribution in [-0.2, 0) is 4.79 Å². The van der Waals surface area contributed by atoms with E-state index >= 15 is 0 Å². The number of fused-ring (bicyclic) bond motifs is 5. The lowest BCUT2D eigenvalue weighted by molar-refractivity contribution is -0.144. The quantitative estimate of drug-likeness (QED) is 0.723. The Bertz CT molecular complexity index is 549. The highest BCUT2D eigenvalue weighted by molar-refractivity contribution is 5.92. The standard InChI is InChI=1S/C19H28O3/c1-17-8-6-16-14(15(17)7-9-18(17,2)21)4-3-12-11-13(20)5-10-19(12,16)22/h11,14-16,21-22H,3-10H2,1-2H3/t14-,15-,16-,17-,18-,19+/m0/s1. The molecule has 0 amide bonds. The van der Waals surface area contributed by atoms with Crippen molar-refractivity contribution in [2.75, 3.05) is 0 Å². The zero-order valence-electron chi connectivity index (χ0n) is 13.8. The third-order valence-corrected chi connectivity index (χ3v) is 8.00. The van der Waals surface area contributed by atoms with Crippen LogP contribution in [-0.4, -0.2) is 27.2 Å².